The van der Waals surface area contributed by atoms with Gasteiger partial charge in [-0.25, -0.2) is 4.57 Å². The van der Waals surface area contributed by atoms with Gasteiger partial charge in [0.1, 0.15) is 12.4 Å². The van der Waals surface area contributed by atoms with Crippen LogP contribution in [0.3, 0.4) is 0 Å². The molecule has 0 atom stereocenters. The highest BCUT2D eigenvalue weighted by atomic mass is 16.6. The van der Waals surface area contributed by atoms with Gasteiger partial charge >= 0.3 is 5.95 Å². The molecule has 0 aliphatic carbocycles. The molecule has 0 spiro atoms. The number of nitrogens with zero attached hydrogens (tertiary/aromatic N) is 5. The van der Waals surface area contributed by atoms with Crippen molar-refractivity contribution in [3.63, 3.8) is 0 Å². The van der Waals surface area contributed by atoms with Crippen molar-refractivity contribution in [2.24, 2.45) is 0 Å². The number of benzene rings is 1. The quantitative estimate of drug-likeness (QED) is 0.344. The van der Waals surface area contributed by atoms with E-state index in [2.05, 4.69) is 20.3 Å². The first-order chi connectivity index (χ1) is 12.6. The standard InChI is InChI=1S/C17H12N6O3/c24-14(10-22-8-7-20-17(22)23(25)26)21-13-9-11-3-1-5-18-15(11)16-12(13)4-2-6-19-16/h1-9H,10H2,(H,21,24). The minimum atomic E-state index is -0.631. The molecule has 0 fully saturated rings. The van der Waals surface area contributed by atoms with Gasteiger partial charge in [-0.3, -0.25) is 14.8 Å². The molecule has 128 valence electrons. The summed E-state index contributed by atoms with van der Waals surface area (Å²) in [4.78, 5) is 35.1. The number of aromatic nitrogens is 4. The number of anilines is 1. The third-order valence-corrected chi connectivity index (χ3v) is 3.91. The monoisotopic (exact) mass is 348 g/mol. The summed E-state index contributed by atoms with van der Waals surface area (Å²) in [5.41, 5.74) is 1.99. The van der Waals surface area contributed by atoms with Crippen molar-refractivity contribution in [1.29, 1.82) is 0 Å². The molecule has 9 heteroatoms. The summed E-state index contributed by atoms with van der Waals surface area (Å²) in [5, 5.41) is 15.3. The number of hydrogen-bond donors (Lipinski definition) is 1. The number of amides is 1. The third kappa shape index (κ3) is 2.71. The fourth-order valence-electron chi connectivity index (χ4n) is 2.82. The second-order valence-electron chi connectivity index (χ2n) is 5.56. The zero-order chi connectivity index (χ0) is 18.1. The van der Waals surface area contributed by atoms with Crippen LogP contribution in [0.25, 0.3) is 21.8 Å². The molecule has 4 rings (SSSR count). The Labute approximate surface area is 146 Å². The summed E-state index contributed by atoms with van der Waals surface area (Å²) in [7, 11) is 0. The predicted molar refractivity (Wildman–Crippen MR) is 94.6 cm³/mol. The van der Waals surface area contributed by atoms with Gasteiger partial charge in [-0.2, -0.15) is 0 Å². The number of nitro groups is 1. The van der Waals surface area contributed by atoms with E-state index in [1.54, 1.807) is 24.5 Å². The van der Waals surface area contributed by atoms with Crippen LogP contribution in [0.2, 0.25) is 0 Å². The van der Waals surface area contributed by atoms with Gasteiger partial charge in [0.2, 0.25) is 0 Å². The molecule has 4 aromatic rings. The number of imidazole rings is 1. The van der Waals surface area contributed by atoms with Crippen LogP contribution in [0.1, 0.15) is 0 Å². The van der Waals surface area contributed by atoms with E-state index in [9.17, 15) is 14.9 Å². The Kier molecular flexibility index (Phi) is 3.73. The van der Waals surface area contributed by atoms with Crippen LogP contribution >= 0.6 is 0 Å². The molecule has 0 radical (unpaired) electrons. The summed E-state index contributed by atoms with van der Waals surface area (Å²) in [6.45, 7) is -0.219. The maximum absolute atomic E-state index is 12.4. The van der Waals surface area contributed by atoms with Crippen molar-refractivity contribution in [3.05, 3.63) is 65.2 Å². The highest BCUT2D eigenvalue weighted by Crippen LogP contribution is 2.29. The minimum absolute atomic E-state index is 0.219. The van der Waals surface area contributed by atoms with Gasteiger partial charge in [0, 0.05) is 23.2 Å². The van der Waals surface area contributed by atoms with E-state index in [1.165, 1.54) is 17.0 Å². The summed E-state index contributed by atoms with van der Waals surface area (Å²) in [5.74, 6) is -0.783. The molecule has 1 N–H and O–H groups in total. The highest BCUT2D eigenvalue weighted by molar-refractivity contribution is 6.11. The van der Waals surface area contributed by atoms with Gasteiger partial charge in [0.05, 0.1) is 16.7 Å². The molecule has 0 saturated carbocycles. The lowest BCUT2D eigenvalue weighted by Gasteiger charge is -2.10. The first-order valence-electron chi connectivity index (χ1n) is 7.71. The van der Waals surface area contributed by atoms with E-state index >= 15 is 0 Å². The zero-order valence-corrected chi connectivity index (χ0v) is 13.4. The van der Waals surface area contributed by atoms with Crippen LogP contribution < -0.4 is 5.32 Å². The summed E-state index contributed by atoms with van der Waals surface area (Å²) in [6, 6.07) is 9.11. The Balaban J connectivity index is 1.71. The molecular weight excluding hydrogens is 336 g/mol. The van der Waals surface area contributed by atoms with Gasteiger partial charge in [0.15, 0.2) is 6.54 Å². The summed E-state index contributed by atoms with van der Waals surface area (Å²) < 4.78 is 1.18. The second-order valence-corrected chi connectivity index (χ2v) is 5.56. The molecule has 0 unspecified atom stereocenters. The average molecular weight is 348 g/mol. The van der Waals surface area contributed by atoms with Gasteiger partial charge in [-0.05, 0) is 29.2 Å². The minimum Gasteiger partial charge on any atom is -0.390 e. The van der Waals surface area contributed by atoms with Crippen molar-refractivity contribution in [3.8, 4) is 0 Å². The Hall–Kier alpha value is -3.88. The van der Waals surface area contributed by atoms with Gasteiger partial charge in [-0.15, -0.1) is 0 Å². The van der Waals surface area contributed by atoms with E-state index in [0.717, 1.165) is 16.3 Å². The average Bonchev–Trinajstić information content (AvgIpc) is 3.10. The number of rotatable bonds is 4. The fourth-order valence-corrected chi connectivity index (χ4v) is 2.82. The van der Waals surface area contributed by atoms with E-state index in [4.69, 9.17) is 0 Å². The van der Waals surface area contributed by atoms with E-state index < -0.39 is 10.8 Å². The first-order valence-corrected chi connectivity index (χ1v) is 7.71. The number of pyridine rings is 2. The fraction of sp³-hybridized carbons (Fsp3) is 0.0588. The SMILES string of the molecule is O=C(Cn1ccnc1[N+](=O)[O-])Nc1cc2cccnc2c2ncccc12. The maximum Gasteiger partial charge on any atom is 0.435 e. The number of fused-ring (bicyclic) bond motifs is 3. The number of carbonyl (C=O) groups is 1. The lowest BCUT2D eigenvalue weighted by Crippen LogP contribution is -2.19. The normalized spacial score (nSPS) is 10.9. The first kappa shape index (κ1) is 15.6. The van der Waals surface area contributed by atoms with Crippen molar-refractivity contribution in [2.75, 3.05) is 5.32 Å². The molecule has 3 heterocycles. The van der Waals surface area contributed by atoms with Crippen LogP contribution in [0.4, 0.5) is 11.6 Å². The van der Waals surface area contributed by atoms with Gasteiger partial charge in [-0.1, -0.05) is 11.1 Å². The largest absolute Gasteiger partial charge is 0.435 e. The molecule has 0 aliphatic heterocycles. The Bertz CT molecular complexity index is 1150. The Morgan fingerprint density at radius 1 is 1.12 bits per heavy atom. The molecule has 0 bridgehead atoms. The Morgan fingerprint density at radius 2 is 1.88 bits per heavy atom. The lowest BCUT2D eigenvalue weighted by atomic mass is 10.1. The molecular formula is C17H12N6O3. The molecule has 0 aliphatic rings. The molecule has 3 aromatic heterocycles. The maximum atomic E-state index is 12.4. The van der Waals surface area contributed by atoms with Crippen molar-refractivity contribution < 1.29 is 9.72 Å². The number of hydrogen-bond acceptors (Lipinski definition) is 6. The zero-order valence-electron chi connectivity index (χ0n) is 13.4. The molecule has 1 aromatic carbocycles. The van der Waals surface area contributed by atoms with Crippen molar-refractivity contribution >= 4 is 39.3 Å². The number of carbonyl (C=O) groups excluding carboxylic acids is 1. The van der Waals surface area contributed by atoms with Crippen molar-refractivity contribution in [1.82, 2.24) is 19.5 Å². The molecule has 26 heavy (non-hydrogen) atoms. The summed E-state index contributed by atoms with van der Waals surface area (Å²) in [6.07, 6.45) is 6.03. The van der Waals surface area contributed by atoms with Crippen LogP contribution in [0.5, 0.6) is 0 Å². The van der Waals surface area contributed by atoms with E-state index in [1.807, 2.05) is 18.2 Å². The third-order valence-electron chi connectivity index (χ3n) is 3.91. The van der Waals surface area contributed by atoms with Crippen LogP contribution in [-0.4, -0.2) is 30.3 Å². The number of nitrogens with one attached hydrogen (secondary N) is 1. The van der Waals surface area contributed by atoms with Crippen LogP contribution in [0.15, 0.2) is 55.1 Å². The smallest absolute Gasteiger partial charge is 0.390 e. The second kappa shape index (κ2) is 6.20. The van der Waals surface area contributed by atoms with Crippen LogP contribution in [-0.2, 0) is 11.3 Å². The summed E-state index contributed by atoms with van der Waals surface area (Å²) >= 11 is 0. The predicted octanol–water partition coefficient (Wildman–Crippen LogP) is 2.53. The van der Waals surface area contributed by atoms with Gasteiger partial charge < -0.3 is 15.4 Å². The topological polar surface area (TPSA) is 116 Å². The lowest BCUT2D eigenvalue weighted by molar-refractivity contribution is -0.396. The van der Waals surface area contributed by atoms with Crippen LogP contribution in [0, 0.1) is 10.1 Å². The molecule has 0 saturated heterocycles. The van der Waals surface area contributed by atoms with E-state index in [0.29, 0.717) is 11.2 Å². The van der Waals surface area contributed by atoms with Gasteiger partial charge in [0.25, 0.3) is 5.91 Å². The molecule has 1 amide bonds. The molecule has 9 nitrogen and oxygen atoms in total. The van der Waals surface area contributed by atoms with E-state index in [-0.39, 0.29) is 12.5 Å². The van der Waals surface area contributed by atoms with Crippen molar-refractivity contribution in [2.45, 2.75) is 6.54 Å². The highest BCUT2D eigenvalue weighted by Gasteiger charge is 2.18. The Morgan fingerprint density at radius 3 is 2.69 bits per heavy atom.